The first kappa shape index (κ1) is 38.7. The number of benzene rings is 3. The van der Waals surface area contributed by atoms with Gasteiger partial charge in [0.25, 0.3) is 0 Å². The van der Waals surface area contributed by atoms with Crippen molar-refractivity contribution < 1.29 is 18.7 Å². The highest BCUT2D eigenvalue weighted by Crippen LogP contribution is 2.47. The number of methoxy groups -OCH3 is 1. The van der Waals surface area contributed by atoms with Gasteiger partial charge in [-0.2, -0.15) is 0 Å². The van der Waals surface area contributed by atoms with E-state index < -0.39 is 8.32 Å². The molecule has 0 fully saturated rings. The van der Waals surface area contributed by atoms with Gasteiger partial charge in [0.05, 0.1) is 26.2 Å². The molecule has 0 saturated carbocycles. The van der Waals surface area contributed by atoms with Crippen molar-refractivity contribution in [2.24, 2.45) is 11.8 Å². The molecule has 0 aliphatic heterocycles. The van der Waals surface area contributed by atoms with Crippen molar-refractivity contribution in [3.63, 3.8) is 0 Å². The van der Waals surface area contributed by atoms with Crippen molar-refractivity contribution in [2.75, 3.05) is 26.9 Å². The summed E-state index contributed by atoms with van der Waals surface area (Å²) in [6.07, 6.45) is 5.76. The highest BCUT2D eigenvalue weighted by molar-refractivity contribution is 6.74. The van der Waals surface area contributed by atoms with Crippen LogP contribution in [0.5, 0.6) is 0 Å². The normalized spacial score (nSPS) is 15.4. The van der Waals surface area contributed by atoms with Crippen molar-refractivity contribution in [1.29, 1.82) is 0 Å². The van der Waals surface area contributed by atoms with Gasteiger partial charge in [-0.1, -0.05) is 133 Å². The van der Waals surface area contributed by atoms with Crippen LogP contribution in [0.1, 0.15) is 102 Å². The molecule has 0 bridgehead atoms. The number of carbonyl (C=O) groups excluding carboxylic acids is 1. The van der Waals surface area contributed by atoms with Crippen molar-refractivity contribution in [3.8, 4) is 0 Å². The van der Waals surface area contributed by atoms with Crippen LogP contribution >= 0.6 is 0 Å². The smallest absolute Gasteiger partial charge is 0.308 e. The Morgan fingerprint density at radius 3 is 1.96 bits per heavy atom. The van der Waals surface area contributed by atoms with Gasteiger partial charge >= 0.3 is 5.97 Å². The first-order chi connectivity index (χ1) is 22.3. The largest absolute Gasteiger partial charge is 0.469 e. The highest BCUT2D eigenvalue weighted by Gasteiger charge is 2.40. The SMILES string of the molecule is CCC(C)CC(CC(CC(C)C(=O)OC)(c1ccccc1)c1ccc(CCCOCCO[Si](C)(C)C(C)(C)C)cc1)c1ccccc1. The summed E-state index contributed by atoms with van der Waals surface area (Å²) < 4.78 is 17.5. The summed E-state index contributed by atoms with van der Waals surface area (Å²) in [6.45, 7) is 20.1. The summed E-state index contributed by atoms with van der Waals surface area (Å²) in [6, 6.07) is 31.0. The fourth-order valence-electron chi connectivity index (χ4n) is 6.46. The predicted molar refractivity (Wildman–Crippen MR) is 200 cm³/mol. The van der Waals surface area contributed by atoms with E-state index >= 15 is 0 Å². The number of aryl methyl sites for hydroxylation is 1. The minimum absolute atomic E-state index is 0.158. The lowest BCUT2D eigenvalue weighted by atomic mass is 9.63. The topological polar surface area (TPSA) is 44.8 Å². The van der Waals surface area contributed by atoms with E-state index in [0.717, 1.165) is 38.7 Å². The molecule has 5 heteroatoms. The first-order valence-electron chi connectivity index (χ1n) is 17.8. The molecule has 0 spiro atoms. The van der Waals surface area contributed by atoms with Gasteiger partial charge in [-0.3, -0.25) is 4.79 Å². The molecule has 3 rings (SSSR count). The standard InChI is InChI=1S/C42H62O4Si/c1-10-33(2)30-37(36-19-13-11-14-20-36)32-42(31-34(3)40(43)44-7,38-21-15-12-16-22-38)39-25-23-35(24-26-39)18-17-27-45-28-29-46-47(8,9)41(4,5)6/h11-16,19-26,33-34,37H,10,17-18,27-32H2,1-9H3. The lowest BCUT2D eigenvalue weighted by Crippen LogP contribution is -2.41. The third-order valence-corrected chi connectivity index (χ3v) is 15.1. The molecule has 0 amide bonds. The molecule has 0 heterocycles. The van der Waals surface area contributed by atoms with Crippen LogP contribution in [0, 0.1) is 11.8 Å². The number of ether oxygens (including phenoxy) is 2. The van der Waals surface area contributed by atoms with Gasteiger partial charge < -0.3 is 13.9 Å². The lowest BCUT2D eigenvalue weighted by Gasteiger charge is -2.40. The van der Waals surface area contributed by atoms with Gasteiger partial charge in [-0.25, -0.2) is 0 Å². The number of carbonyl (C=O) groups is 1. The number of rotatable bonds is 19. The third-order valence-electron chi connectivity index (χ3n) is 10.6. The molecule has 0 aliphatic rings. The monoisotopic (exact) mass is 658 g/mol. The molecule has 4 nitrogen and oxygen atoms in total. The van der Waals surface area contributed by atoms with Crippen LogP contribution in [0.15, 0.2) is 84.9 Å². The number of hydrogen-bond donors (Lipinski definition) is 0. The van der Waals surface area contributed by atoms with Crippen LogP contribution in [-0.2, 0) is 30.5 Å². The van der Waals surface area contributed by atoms with Crippen LogP contribution < -0.4 is 0 Å². The third kappa shape index (κ3) is 11.2. The molecule has 0 saturated heterocycles. The van der Waals surface area contributed by atoms with Crippen molar-refractivity contribution >= 4 is 14.3 Å². The lowest BCUT2D eigenvalue weighted by molar-refractivity contribution is -0.145. The second-order valence-corrected chi connectivity index (χ2v) is 20.0. The molecule has 4 atom stereocenters. The van der Waals surface area contributed by atoms with Crippen LogP contribution in [-0.4, -0.2) is 41.2 Å². The van der Waals surface area contributed by atoms with E-state index in [1.807, 2.05) is 6.92 Å². The molecule has 0 radical (unpaired) electrons. The molecule has 0 aliphatic carbocycles. The fourth-order valence-corrected chi connectivity index (χ4v) is 7.49. The van der Waals surface area contributed by atoms with Crippen molar-refractivity contribution in [2.45, 2.75) is 110 Å². The molecular weight excluding hydrogens is 597 g/mol. The Morgan fingerprint density at radius 2 is 1.38 bits per heavy atom. The number of hydrogen-bond acceptors (Lipinski definition) is 4. The maximum Gasteiger partial charge on any atom is 0.308 e. The second-order valence-electron chi connectivity index (χ2n) is 15.2. The fraction of sp³-hybridized carbons (Fsp3) is 0.548. The Bertz CT molecular complexity index is 1320. The predicted octanol–water partition coefficient (Wildman–Crippen LogP) is 10.8. The van der Waals surface area contributed by atoms with E-state index in [1.165, 1.54) is 29.4 Å². The van der Waals surface area contributed by atoms with Gasteiger partial charge in [0, 0.05) is 12.0 Å². The van der Waals surface area contributed by atoms with Crippen LogP contribution in [0.2, 0.25) is 18.1 Å². The van der Waals surface area contributed by atoms with E-state index in [1.54, 1.807) is 0 Å². The zero-order valence-corrected chi connectivity index (χ0v) is 31.8. The molecule has 0 aromatic heterocycles. The Balaban J connectivity index is 1.86. The summed E-state index contributed by atoms with van der Waals surface area (Å²) >= 11 is 0. The summed E-state index contributed by atoms with van der Waals surface area (Å²) in [5.74, 6) is 0.524. The zero-order valence-electron chi connectivity index (χ0n) is 30.8. The molecule has 3 aromatic rings. The van der Waals surface area contributed by atoms with E-state index in [4.69, 9.17) is 13.9 Å². The summed E-state index contributed by atoms with van der Waals surface area (Å²) in [7, 11) is -0.238. The van der Waals surface area contributed by atoms with Gasteiger partial charge in [0.2, 0.25) is 0 Å². The molecule has 4 unspecified atom stereocenters. The number of esters is 1. The molecule has 47 heavy (non-hydrogen) atoms. The van der Waals surface area contributed by atoms with E-state index in [2.05, 4.69) is 133 Å². The van der Waals surface area contributed by atoms with Crippen LogP contribution in [0.3, 0.4) is 0 Å². The van der Waals surface area contributed by atoms with E-state index in [-0.39, 0.29) is 22.3 Å². The average molecular weight is 659 g/mol. The van der Waals surface area contributed by atoms with Crippen LogP contribution in [0.25, 0.3) is 0 Å². The summed E-state index contributed by atoms with van der Waals surface area (Å²) in [5.41, 5.74) is 4.81. The maximum atomic E-state index is 13.0. The second kappa shape index (κ2) is 18.1. The van der Waals surface area contributed by atoms with E-state index in [9.17, 15) is 4.79 Å². The van der Waals surface area contributed by atoms with Crippen LogP contribution in [0.4, 0.5) is 0 Å². The van der Waals surface area contributed by atoms with Crippen molar-refractivity contribution in [1.82, 2.24) is 0 Å². The Morgan fingerprint density at radius 1 is 0.787 bits per heavy atom. The first-order valence-corrected chi connectivity index (χ1v) is 20.7. The quantitative estimate of drug-likeness (QED) is 0.0730. The maximum absolute atomic E-state index is 13.0. The zero-order chi connectivity index (χ0) is 34.5. The summed E-state index contributed by atoms with van der Waals surface area (Å²) in [4.78, 5) is 13.0. The van der Waals surface area contributed by atoms with Gasteiger partial charge in [-0.05, 0) is 84.3 Å². The Kier molecular flexibility index (Phi) is 14.9. The minimum atomic E-state index is -1.74. The van der Waals surface area contributed by atoms with Gasteiger partial charge in [-0.15, -0.1) is 0 Å². The Labute approximate surface area is 287 Å². The van der Waals surface area contributed by atoms with Crippen molar-refractivity contribution in [3.05, 3.63) is 107 Å². The average Bonchev–Trinajstić information content (AvgIpc) is 3.07. The molecule has 258 valence electrons. The van der Waals surface area contributed by atoms with E-state index in [0.29, 0.717) is 31.5 Å². The highest BCUT2D eigenvalue weighted by atomic mass is 28.4. The van der Waals surface area contributed by atoms with Gasteiger partial charge in [0.1, 0.15) is 0 Å². The Hall–Kier alpha value is -2.73. The summed E-state index contributed by atoms with van der Waals surface area (Å²) in [5, 5.41) is 0.213. The minimum Gasteiger partial charge on any atom is -0.469 e. The molecular formula is C42H62O4Si. The molecule has 3 aromatic carbocycles. The molecule has 0 N–H and O–H groups in total. The van der Waals surface area contributed by atoms with Gasteiger partial charge in [0.15, 0.2) is 8.32 Å².